The lowest BCUT2D eigenvalue weighted by Crippen LogP contribution is -2.29. The van der Waals surface area contributed by atoms with E-state index in [0.29, 0.717) is 6.42 Å². The van der Waals surface area contributed by atoms with Crippen LogP contribution in [0, 0.1) is 0 Å². The van der Waals surface area contributed by atoms with Gasteiger partial charge in [0.1, 0.15) is 6.61 Å². The predicted molar refractivity (Wildman–Crippen MR) is 229 cm³/mol. The first kappa shape index (κ1) is 53.5. The molecule has 0 radical (unpaired) electrons. The lowest BCUT2D eigenvalue weighted by Gasteiger charge is -2.19. The van der Waals surface area contributed by atoms with Crippen LogP contribution in [0.5, 0.6) is 0 Å². The Morgan fingerprint density at radius 1 is 0.527 bits per heavy atom. The number of hydrogen-bond acceptors (Lipinski definition) is 8. The molecular formula is C45H86NO8P. The maximum atomic E-state index is 12.6. The molecule has 0 aliphatic rings. The van der Waals surface area contributed by atoms with Crippen molar-refractivity contribution in [3.63, 3.8) is 0 Å². The molecule has 3 N–H and O–H groups in total. The second-order valence-corrected chi connectivity index (χ2v) is 16.7. The summed E-state index contributed by atoms with van der Waals surface area (Å²) >= 11 is 0. The van der Waals surface area contributed by atoms with Crippen molar-refractivity contribution in [3.8, 4) is 0 Å². The smallest absolute Gasteiger partial charge is 0.462 e. The van der Waals surface area contributed by atoms with Crippen molar-refractivity contribution in [2.75, 3.05) is 26.4 Å². The largest absolute Gasteiger partial charge is 0.472 e. The molecule has 0 fully saturated rings. The fraction of sp³-hybridized carbons (Fsp3) is 0.867. The van der Waals surface area contributed by atoms with E-state index in [1.165, 1.54) is 128 Å². The van der Waals surface area contributed by atoms with E-state index in [9.17, 15) is 19.0 Å². The Hall–Kier alpha value is -1.51. The van der Waals surface area contributed by atoms with Crippen molar-refractivity contribution in [2.45, 2.75) is 225 Å². The van der Waals surface area contributed by atoms with Gasteiger partial charge in [-0.3, -0.25) is 18.6 Å². The maximum absolute atomic E-state index is 12.6. The van der Waals surface area contributed by atoms with Crippen LogP contribution in [0.1, 0.15) is 219 Å². The second-order valence-electron chi connectivity index (χ2n) is 15.3. The van der Waals surface area contributed by atoms with Crippen LogP contribution in [0.3, 0.4) is 0 Å². The average molecular weight is 800 g/mol. The fourth-order valence-corrected chi connectivity index (χ4v) is 7.15. The van der Waals surface area contributed by atoms with Crippen LogP contribution in [0.2, 0.25) is 0 Å². The predicted octanol–water partition coefficient (Wildman–Crippen LogP) is 13.2. The lowest BCUT2D eigenvalue weighted by molar-refractivity contribution is -0.161. The van der Waals surface area contributed by atoms with Crippen LogP contribution in [0.4, 0.5) is 0 Å². The van der Waals surface area contributed by atoms with Crippen molar-refractivity contribution in [1.82, 2.24) is 0 Å². The molecule has 0 amide bonds. The monoisotopic (exact) mass is 800 g/mol. The van der Waals surface area contributed by atoms with Crippen molar-refractivity contribution in [1.29, 1.82) is 0 Å². The van der Waals surface area contributed by atoms with Crippen molar-refractivity contribution in [3.05, 3.63) is 24.3 Å². The molecule has 0 spiro atoms. The third kappa shape index (κ3) is 41.9. The quantitative estimate of drug-likeness (QED) is 0.0267. The SMILES string of the molecule is CCCCCCCCC=CCCCCCCCCCC(=O)OC[C@H](COP(=O)(O)OCCN)OC(=O)CCCCCCCCCC=CCCCCCCCC. The highest BCUT2D eigenvalue weighted by Crippen LogP contribution is 2.43. The van der Waals surface area contributed by atoms with Gasteiger partial charge in [-0.15, -0.1) is 0 Å². The molecule has 0 saturated heterocycles. The average Bonchev–Trinajstić information content (AvgIpc) is 3.17. The summed E-state index contributed by atoms with van der Waals surface area (Å²) in [5, 5.41) is 0. The summed E-state index contributed by atoms with van der Waals surface area (Å²) < 4.78 is 32.8. The summed E-state index contributed by atoms with van der Waals surface area (Å²) in [6, 6.07) is 0. The first-order valence-corrected chi connectivity index (χ1v) is 24.3. The fourth-order valence-electron chi connectivity index (χ4n) is 6.39. The minimum Gasteiger partial charge on any atom is -0.462 e. The van der Waals surface area contributed by atoms with Crippen LogP contribution >= 0.6 is 7.82 Å². The standard InChI is InChI=1S/C45H86NO8P/c1-3-5-7-9-11-13-15-17-19-21-23-25-27-29-31-33-35-37-44(47)51-41-43(42-53-55(49,50)52-40-39-46)54-45(48)38-36-34-32-30-28-26-24-22-20-18-16-14-12-10-8-6-4-2/h17-20,43H,3-16,21-42,46H2,1-2H3,(H,49,50)/t43-/m1/s1. The number of nitrogens with two attached hydrogens (primary N) is 1. The summed E-state index contributed by atoms with van der Waals surface area (Å²) in [5.74, 6) is -0.832. The summed E-state index contributed by atoms with van der Waals surface area (Å²) in [4.78, 5) is 34.9. The topological polar surface area (TPSA) is 134 Å². The molecule has 324 valence electrons. The highest BCUT2D eigenvalue weighted by molar-refractivity contribution is 7.47. The number of phosphoric acid groups is 1. The van der Waals surface area contributed by atoms with Gasteiger partial charge < -0.3 is 20.1 Å². The number of allylic oxidation sites excluding steroid dienone is 4. The number of ether oxygens (including phenoxy) is 2. The van der Waals surface area contributed by atoms with Gasteiger partial charge in [0.05, 0.1) is 13.2 Å². The van der Waals surface area contributed by atoms with Crippen LogP contribution < -0.4 is 5.73 Å². The van der Waals surface area contributed by atoms with Gasteiger partial charge in [-0.1, -0.05) is 167 Å². The molecule has 1 unspecified atom stereocenters. The molecule has 0 aliphatic heterocycles. The molecule has 0 aliphatic carbocycles. The van der Waals surface area contributed by atoms with Crippen LogP contribution in [-0.2, 0) is 32.7 Å². The van der Waals surface area contributed by atoms with E-state index in [0.717, 1.165) is 57.8 Å². The van der Waals surface area contributed by atoms with E-state index in [1.54, 1.807) is 0 Å². The molecule has 0 rings (SSSR count). The Labute approximate surface area is 338 Å². The first-order chi connectivity index (χ1) is 26.8. The number of unbranched alkanes of at least 4 members (excludes halogenated alkanes) is 26. The second kappa shape index (κ2) is 42.1. The van der Waals surface area contributed by atoms with Crippen molar-refractivity contribution in [2.24, 2.45) is 5.73 Å². The molecule has 0 aromatic rings. The minimum atomic E-state index is -4.38. The molecule has 0 aromatic carbocycles. The number of esters is 2. The number of phosphoric ester groups is 1. The first-order valence-electron chi connectivity index (χ1n) is 22.8. The van der Waals surface area contributed by atoms with E-state index in [-0.39, 0.29) is 38.6 Å². The maximum Gasteiger partial charge on any atom is 0.472 e. The zero-order chi connectivity index (χ0) is 40.3. The van der Waals surface area contributed by atoms with Crippen LogP contribution in [0.15, 0.2) is 24.3 Å². The van der Waals surface area contributed by atoms with Crippen LogP contribution in [-0.4, -0.2) is 49.3 Å². The third-order valence-electron chi connectivity index (χ3n) is 9.81. The molecule has 0 bridgehead atoms. The molecule has 0 heterocycles. The number of carbonyl (C=O) groups excluding carboxylic acids is 2. The van der Waals surface area contributed by atoms with E-state index < -0.39 is 26.5 Å². The Kier molecular flexibility index (Phi) is 40.9. The Morgan fingerprint density at radius 2 is 0.891 bits per heavy atom. The number of rotatable bonds is 43. The van der Waals surface area contributed by atoms with E-state index in [2.05, 4.69) is 38.2 Å². The summed E-state index contributed by atoms with van der Waals surface area (Å²) in [6.45, 7) is 3.74. The van der Waals surface area contributed by atoms with Gasteiger partial charge in [0, 0.05) is 19.4 Å². The van der Waals surface area contributed by atoms with Crippen molar-refractivity contribution >= 4 is 19.8 Å². The molecule has 55 heavy (non-hydrogen) atoms. The zero-order valence-corrected chi connectivity index (χ0v) is 36.6. The van der Waals surface area contributed by atoms with Crippen molar-refractivity contribution < 1.29 is 37.6 Å². The molecule has 9 nitrogen and oxygen atoms in total. The zero-order valence-electron chi connectivity index (χ0n) is 35.7. The third-order valence-corrected chi connectivity index (χ3v) is 10.8. The van der Waals surface area contributed by atoms with E-state index >= 15 is 0 Å². The van der Waals surface area contributed by atoms with Gasteiger partial charge in [0.25, 0.3) is 0 Å². The highest BCUT2D eigenvalue weighted by atomic mass is 31.2. The molecule has 0 aromatic heterocycles. The Balaban J connectivity index is 4.12. The number of carbonyl (C=O) groups is 2. The lowest BCUT2D eigenvalue weighted by atomic mass is 10.1. The Morgan fingerprint density at radius 3 is 1.29 bits per heavy atom. The molecule has 2 atom stereocenters. The minimum absolute atomic E-state index is 0.0532. The van der Waals surface area contributed by atoms with Gasteiger partial charge in [0.2, 0.25) is 0 Å². The number of hydrogen-bond donors (Lipinski definition) is 2. The summed E-state index contributed by atoms with van der Waals surface area (Å²) in [7, 11) is -4.38. The van der Waals surface area contributed by atoms with Gasteiger partial charge in [-0.25, -0.2) is 4.57 Å². The molecular weight excluding hydrogens is 713 g/mol. The van der Waals surface area contributed by atoms with Gasteiger partial charge in [-0.05, 0) is 64.2 Å². The van der Waals surface area contributed by atoms with Gasteiger partial charge in [-0.2, -0.15) is 0 Å². The highest BCUT2D eigenvalue weighted by Gasteiger charge is 2.26. The van der Waals surface area contributed by atoms with Gasteiger partial charge in [0.15, 0.2) is 6.10 Å². The molecule has 10 heteroatoms. The normalized spacial score (nSPS) is 13.5. The van der Waals surface area contributed by atoms with Gasteiger partial charge >= 0.3 is 19.8 Å². The molecule has 0 saturated carbocycles. The van der Waals surface area contributed by atoms with E-state index in [4.69, 9.17) is 24.3 Å². The summed E-state index contributed by atoms with van der Waals surface area (Å²) in [5.41, 5.74) is 5.35. The summed E-state index contributed by atoms with van der Waals surface area (Å²) in [6.07, 6.45) is 44.9. The van der Waals surface area contributed by atoms with Crippen LogP contribution in [0.25, 0.3) is 0 Å². The Bertz CT molecular complexity index is 959. The van der Waals surface area contributed by atoms with E-state index in [1.807, 2.05) is 0 Å².